The highest BCUT2D eigenvalue weighted by Crippen LogP contribution is 2.39. The van der Waals surface area contributed by atoms with E-state index in [1.54, 1.807) is 12.3 Å². The van der Waals surface area contributed by atoms with Crippen LogP contribution in [0.3, 0.4) is 0 Å². The van der Waals surface area contributed by atoms with Crippen molar-refractivity contribution in [2.75, 3.05) is 0 Å². The van der Waals surface area contributed by atoms with Crippen molar-refractivity contribution in [2.24, 2.45) is 5.92 Å². The third-order valence-electron chi connectivity index (χ3n) is 5.95. The fourth-order valence-electron chi connectivity index (χ4n) is 4.19. The Morgan fingerprint density at radius 2 is 1.53 bits per heavy atom. The Hall–Kier alpha value is -3.08. The lowest BCUT2D eigenvalue weighted by Gasteiger charge is -2.28. The second-order valence-electron chi connectivity index (χ2n) is 7.95. The molecule has 4 rings (SSSR count). The van der Waals surface area contributed by atoms with E-state index in [2.05, 4.69) is 9.71 Å². The van der Waals surface area contributed by atoms with Gasteiger partial charge in [0.15, 0.2) is 29.1 Å². The number of rotatable bonds is 5. The van der Waals surface area contributed by atoms with Crippen molar-refractivity contribution in [3.8, 4) is 0 Å². The van der Waals surface area contributed by atoms with Crippen LogP contribution in [0.25, 0.3) is 10.9 Å². The molecule has 0 bridgehead atoms. The first kappa shape index (κ1) is 24.1. The third kappa shape index (κ3) is 4.48. The maximum absolute atomic E-state index is 13.8. The Morgan fingerprint density at radius 3 is 2.18 bits per heavy atom. The molecule has 1 aliphatic rings. The quantitative estimate of drug-likeness (QED) is 0.110. The van der Waals surface area contributed by atoms with Crippen LogP contribution in [-0.4, -0.2) is 16.6 Å². The predicted molar refractivity (Wildman–Crippen MR) is 114 cm³/mol. The van der Waals surface area contributed by atoms with Gasteiger partial charge in [-0.3, -0.25) is 15.2 Å². The number of carbonyl (C=O) groups is 1. The van der Waals surface area contributed by atoms with Crippen molar-refractivity contribution in [2.45, 2.75) is 36.5 Å². The molecule has 1 heterocycles. The van der Waals surface area contributed by atoms with Gasteiger partial charge in [0.25, 0.3) is 0 Å². The fourth-order valence-corrected chi connectivity index (χ4v) is 4.86. The number of halogens is 6. The molecule has 3 aromatic rings. The third-order valence-corrected chi connectivity index (χ3v) is 6.81. The van der Waals surface area contributed by atoms with E-state index in [0.717, 1.165) is 5.56 Å². The summed E-state index contributed by atoms with van der Waals surface area (Å²) in [7, 11) is 0. The minimum absolute atomic E-state index is 0.0232. The van der Waals surface area contributed by atoms with Crippen molar-refractivity contribution in [3.63, 3.8) is 0 Å². The molecular weight excluding hydrogens is 480 g/mol. The van der Waals surface area contributed by atoms with E-state index in [1.165, 1.54) is 12.1 Å². The summed E-state index contributed by atoms with van der Waals surface area (Å²) in [5, 5.41) is 8.58. The molecule has 178 valence electrons. The number of ketones is 1. The highest BCUT2D eigenvalue weighted by atomic mass is 32.2. The molecule has 2 aromatic carbocycles. The van der Waals surface area contributed by atoms with Gasteiger partial charge in [0.2, 0.25) is 11.6 Å². The SMILES string of the molecule is N=C(NSc1c(F)c(F)c(F)c(F)c1F)C(=O)C1CCC(c2ccnc3ccc(F)cc23)CC1. The molecule has 1 aromatic heterocycles. The fraction of sp³-hybridized carbons (Fsp3) is 0.261. The maximum atomic E-state index is 13.8. The average Bonchev–Trinajstić information content (AvgIpc) is 2.85. The summed E-state index contributed by atoms with van der Waals surface area (Å²) in [4.78, 5) is 15.6. The summed E-state index contributed by atoms with van der Waals surface area (Å²) < 4.78 is 83.2. The molecule has 0 atom stereocenters. The smallest absolute Gasteiger partial charge is 0.201 e. The maximum Gasteiger partial charge on any atom is 0.201 e. The molecule has 4 nitrogen and oxygen atoms in total. The topological polar surface area (TPSA) is 65.8 Å². The molecule has 1 aliphatic carbocycles. The van der Waals surface area contributed by atoms with Crippen LogP contribution in [-0.2, 0) is 4.79 Å². The van der Waals surface area contributed by atoms with Crippen molar-refractivity contribution in [3.05, 3.63) is 70.9 Å². The number of hydrogen-bond acceptors (Lipinski definition) is 4. The van der Waals surface area contributed by atoms with E-state index in [0.29, 0.717) is 36.6 Å². The van der Waals surface area contributed by atoms with Crippen molar-refractivity contribution in [1.82, 2.24) is 9.71 Å². The molecule has 11 heteroatoms. The number of pyridine rings is 1. The normalized spacial score (nSPS) is 18.2. The number of aromatic nitrogens is 1. The standard InChI is InChI=1S/C23H17F6N3OS/c24-12-5-6-15-14(9-12)13(7-8-31-15)10-1-3-11(4-2-10)21(33)23(30)32-34-22-19(28)17(26)16(25)18(27)20(22)29/h5-11H,1-4H2,(H2,30,32). The van der Waals surface area contributed by atoms with Crippen LogP contribution >= 0.6 is 11.9 Å². The van der Waals surface area contributed by atoms with Gasteiger partial charge in [-0.05, 0) is 73.4 Å². The number of Topliss-reactive ketones (excluding diaryl/α,β-unsaturated/α-hetero) is 1. The molecule has 34 heavy (non-hydrogen) atoms. The molecule has 0 radical (unpaired) electrons. The second-order valence-corrected chi connectivity index (χ2v) is 8.77. The summed E-state index contributed by atoms with van der Waals surface area (Å²) in [6, 6.07) is 6.17. The summed E-state index contributed by atoms with van der Waals surface area (Å²) in [5.41, 5.74) is 1.58. The van der Waals surface area contributed by atoms with Gasteiger partial charge in [0.05, 0.1) is 5.52 Å². The number of fused-ring (bicyclic) bond motifs is 1. The molecule has 0 aliphatic heterocycles. The molecule has 0 unspecified atom stereocenters. The van der Waals surface area contributed by atoms with Gasteiger partial charge in [0.1, 0.15) is 10.7 Å². The van der Waals surface area contributed by atoms with E-state index in [1.807, 2.05) is 6.07 Å². The number of nitrogens with zero attached hydrogens (tertiary/aromatic N) is 1. The van der Waals surface area contributed by atoms with Crippen molar-refractivity contribution < 1.29 is 31.1 Å². The molecule has 2 N–H and O–H groups in total. The number of carbonyl (C=O) groups excluding carboxylic acids is 1. The summed E-state index contributed by atoms with van der Waals surface area (Å²) >= 11 is -0.0232. The van der Waals surface area contributed by atoms with Crippen LogP contribution in [0.4, 0.5) is 26.3 Å². The van der Waals surface area contributed by atoms with Gasteiger partial charge < -0.3 is 4.72 Å². The van der Waals surface area contributed by atoms with Crippen LogP contribution < -0.4 is 4.72 Å². The number of amidine groups is 1. The Morgan fingerprint density at radius 1 is 0.912 bits per heavy atom. The minimum atomic E-state index is -2.29. The van der Waals surface area contributed by atoms with Crippen LogP contribution in [0, 0.1) is 46.2 Å². The first-order valence-corrected chi connectivity index (χ1v) is 11.1. The molecule has 1 saturated carbocycles. The zero-order chi connectivity index (χ0) is 24.6. The summed E-state index contributed by atoms with van der Waals surface area (Å²) in [5.74, 6) is -12.8. The Labute approximate surface area is 194 Å². The molecule has 0 spiro atoms. The minimum Gasteiger partial charge on any atom is -0.308 e. The van der Waals surface area contributed by atoms with E-state index in [-0.39, 0.29) is 23.7 Å². The molecule has 1 fully saturated rings. The summed E-state index contributed by atoms with van der Waals surface area (Å²) in [6.45, 7) is 0. The van der Waals surface area contributed by atoms with Crippen LogP contribution in [0.15, 0.2) is 35.4 Å². The predicted octanol–water partition coefficient (Wildman–Crippen LogP) is 6.19. The van der Waals surface area contributed by atoms with Gasteiger partial charge >= 0.3 is 0 Å². The van der Waals surface area contributed by atoms with Crippen molar-refractivity contribution >= 4 is 34.5 Å². The van der Waals surface area contributed by atoms with Crippen LogP contribution in [0.5, 0.6) is 0 Å². The van der Waals surface area contributed by atoms with E-state index in [9.17, 15) is 31.1 Å². The first-order valence-electron chi connectivity index (χ1n) is 10.3. The number of nitrogens with one attached hydrogen (secondary N) is 2. The van der Waals surface area contributed by atoms with E-state index >= 15 is 0 Å². The van der Waals surface area contributed by atoms with E-state index in [4.69, 9.17) is 5.41 Å². The zero-order valence-corrected chi connectivity index (χ0v) is 18.2. The second kappa shape index (κ2) is 9.65. The van der Waals surface area contributed by atoms with Gasteiger partial charge in [-0.15, -0.1) is 0 Å². The summed E-state index contributed by atoms with van der Waals surface area (Å²) in [6.07, 6.45) is 3.65. The Kier molecular flexibility index (Phi) is 6.83. The first-order chi connectivity index (χ1) is 16.2. The monoisotopic (exact) mass is 497 g/mol. The van der Waals surface area contributed by atoms with Gasteiger partial charge in [-0.2, -0.15) is 0 Å². The highest BCUT2D eigenvalue weighted by molar-refractivity contribution is 7.98. The Bertz CT molecular complexity index is 1260. The lowest BCUT2D eigenvalue weighted by atomic mass is 9.76. The lowest BCUT2D eigenvalue weighted by Crippen LogP contribution is -2.33. The molecule has 0 amide bonds. The number of hydrogen-bond donors (Lipinski definition) is 2. The average molecular weight is 497 g/mol. The van der Waals surface area contributed by atoms with Gasteiger partial charge in [-0.1, -0.05) is 0 Å². The lowest BCUT2D eigenvalue weighted by molar-refractivity contribution is -0.117. The van der Waals surface area contributed by atoms with Crippen molar-refractivity contribution in [1.29, 1.82) is 5.41 Å². The van der Waals surface area contributed by atoms with Gasteiger partial charge in [-0.25, -0.2) is 26.3 Å². The van der Waals surface area contributed by atoms with Gasteiger partial charge in [0, 0.05) is 17.5 Å². The molecule has 0 saturated heterocycles. The van der Waals surface area contributed by atoms with Crippen LogP contribution in [0.2, 0.25) is 0 Å². The zero-order valence-electron chi connectivity index (χ0n) is 17.4. The Balaban J connectivity index is 1.40. The molecular formula is C23H17F6N3OS. The van der Waals surface area contributed by atoms with Crippen LogP contribution in [0.1, 0.15) is 37.2 Å². The number of benzene rings is 2. The van der Waals surface area contributed by atoms with E-state index < -0.39 is 51.5 Å². The largest absolute Gasteiger partial charge is 0.308 e. The highest BCUT2D eigenvalue weighted by Gasteiger charge is 2.31.